The van der Waals surface area contributed by atoms with E-state index >= 15 is 0 Å². The summed E-state index contributed by atoms with van der Waals surface area (Å²) >= 11 is 0. The molecule has 2 aromatic heterocycles. The Morgan fingerprint density at radius 1 is 1.17 bits per heavy atom. The van der Waals surface area contributed by atoms with Crippen molar-refractivity contribution in [3.05, 3.63) is 42.5 Å². The molecule has 1 aliphatic heterocycles. The fourth-order valence-corrected chi connectivity index (χ4v) is 2.51. The highest BCUT2D eigenvalue weighted by molar-refractivity contribution is 14.0. The highest BCUT2D eigenvalue weighted by Crippen LogP contribution is 2.09. The van der Waals surface area contributed by atoms with E-state index in [1.807, 2.05) is 25.4 Å². The number of halogens is 1. The zero-order valence-electron chi connectivity index (χ0n) is 13.2. The Morgan fingerprint density at radius 2 is 1.87 bits per heavy atom. The normalized spacial score (nSPS) is 15.4. The number of anilines is 1. The summed E-state index contributed by atoms with van der Waals surface area (Å²) in [6.07, 6.45) is 5.55. The van der Waals surface area contributed by atoms with Gasteiger partial charge in [0.05, 0.1) is 6.54 Å². The molecule has 1 saturated heterocycles. The maximum atomic E-state index is 6.12. The maximum Gasteiger partial charge on any atom is 0.225 e. The Bertz CT molecular complexity index is 632. The second-order valence-electron chi connectivity index (χ2n) is 5.31. The molecule has 8 heteroatoms. The molecule has 1 aliphatic rings. The quantitative estimate of drug-likeness (QED) is 0.451. The van der Waals surface area contributed by atoms with Gasteiger partial charge >= 0.3 is 0 Å². The van der Waals surface area contributed by atoms with Gasteiger partial charge in [-0.2, -0.15) is 0 Å². The molecular weight excluding hydrogens is 405 g/mol. The molecular formula is C15H22IN7. The first-order valence-corrected chi connectivity index (χ1v) is 7.41. The Balaban J connectivity index is 0.00000192. The summed E-state index contributed by atoms with van der Waals surface area (Å²) in [4.78, 5) is 17.3. The van der Waals surface area contributed by atoms with E-state index < -0.39 is 0 Å². The molecule has 0 amide bonds. The fourth-order valence-electron chi connectivity index (χ4n) is 2.51. The van der Waals surface area contributed by atoms with Gasteiger partial charge in [-0.3, -0.25) is 0 Å². The third-order valence-electron chi connectivity index (χ3n) is 3.89. The molecule has 0 bridgehead atoms. The van der Waals surface area contributed by atoms with E-state index in [0.29, 0.717) is 12.5 Å². The number of rotatable bonds is 3. The molecule has 124 valence electrons. The molecule has 2 aromatic rings. The summed E-state index contributed by atoms with van der Waals surface area (Å²) in [5, 5.41) is 0. The fraction of sp³-hybridized carbons (Fsp3) is 0.400. The number of hydrogen-bond donors (Lipinski definition) is 1. The summed E-state index contributed by atoms with van der Waals surface area (Å²) in [6, 6.07) is 5.90. The van der Waals surface area contributed by atoms with E-state index in [0.717, 1.165) is 37.8 Å². The van der Waals surface area contributed by atoms with Crippen LogP contribution in [-0.4, -0.2) is 51.6 Å². The van der Waals surface area contributed by atoms with E-state index in [2.05, 4.69) is 35.4 Å². The minimum absolute atomic E-state index is 0. The van der Waals surface area contributed by atoms with Crippen LogP contribution in [0.3, 0.4) is 0 Å². The number of piperazine rings is 1. The first-order chi connectivity index (χ1) is 10.7. The molecule has 1 fully saturated rings. The summed E-state index contributed by atoms with van der Waals surface area (Å²) < 4.78 is 2.06. The summed E-state index contributed by atoms with van der Waals surface area (Å²) in [5.74, 6) is 1.39. The lowest BCUT2D eigenvalue weighted by Gasteiger charge is -2.35. The van der Waals surface area contributed by atoms with Crippen molar-refractivity contribution in [3.8, 4) is 0 Å². The van der Waals surface area contributed by atoms with Crippen molar-refractivity contribution in [2.24, 2.45) is 17.8 Å². The second-order valence-corrected chi connectivity index (χ2v) is 5.31. The second kappa shape index (κ2) is 8.14. The van der Waals surface area contributed by atoms with Crippen LogP contribution in [0.4, 0.5) is 5.95 Å². The molecule has 0 radical (unpaired) electrons. The Morgan fingerprint density at radius 3 is 2.48 bits per heavy atom. The lowest BCUT2D eigenvalue weighted by molar-refractivity contribution is 0.378. The average molecular weight is 427 g/mol. The first kappa shape index (κ1) is 17.5. The molecule has 2 N–H and O–H groups in total. The van der Waals surface area contributed by atoms with Gasteiger partial charge in [-0.25, -0.2) is 15.0 Å². The number of nitrogens with two attached hydrogens (primary N) is 1. The molecule has 0 unspecified atom stereocenters. The number of nitrogens with zero attached hydrogens (tertiary/aromatic N) is 6. The minimum Gasteiger partial charge on any atom is -0.370 e. The van der Waals surface area contributed by atoms with Gasteiger partial charge in [-0.15, -0.1) is 24.0 Å². The molecule has 3 rings (SSSR count). The summed E-state index contributed by atoms with van der Waals surface area (Å²) in [7, 11) is 2.01. The smallest absolute Gasteiger partial charge is 0.225 e. The minimum atomic E-state index is 0. The van der Waals surface area contributed by atoms with Crippen LogP contribution in [-0.2, 0) is 13.6 Å². The van der Waals surface area contributed by atoms with Crippen LogP contribution in [0.5, 0.6) is 0 Å². The first-order valence-electron chi connectivity index (χ1n) is 7.41. The van der Waals surface area contributed by atoms with Gasteiger partial charge in [0.1, 0.15) is 0 Å². The predicted molar refractivity (Wildman–Crippen MR) is 102 cm³/mol. The van der Waals surface area contributed by atoms with Gasteiger partial charge in [0.2, 0.25) is 5.95 Å². The molecule has 0 saturated carbocycles. The molecule has 0 aliphatic carbocycles. The molecule has 0 atom stereocenters. The van der Waals surface area contributed by atoms with Crippen LogP contribution >= 0.6 is 24.0 Å². The molecule has 3 heterocycles. The molecule has 7 nitrogen and oxygen atoms in total. The van der Waals surface area contributed by atoms with Crippen molar-refractivity contribution >= 4 is 35.9 Å². The molecule has 23 heavy (non-hydrogen) atoms. The van der Waals surface area contributed by atoms with Gasteiger partial charge in [0.25, 0.3) is 0 Å². The van der Waals surface area contributed by atoms with Crippen LogP contribution < -0.4 is 10.6 Å². The highest BCUT2D eigenvalue weighted by atomic mass is 127. The van der Waals surface area contributed by atoms with E-state index in [1.165, 1.54) is 0 Å². The van der Waals surface area contributed by atoms with Crippen molar-refractivity contribution < 1.29 is 0 Å². The van der Waals surface area contributed by atoms with Gasteiger partial charge in [0, 0.05) is 57.5 Å². The third-order valence-corrected chi connectivity index (χ3v) is 3.89. The molecule has 0 aromatic carbocycles. The lowest BCUT2D eigenvalue weighted by atomic mass is 10.3. The number of aryl methyl sites for hydroxylation is 1. The van der Waals surface area contributed by atoms with Gasteiger partial charge < -0.3 is 20.1 Å². The summed E-state index contributed by atoms with van der Waals surface area (Å²) in [6.45, 7) is 3.98. The average Bonchev–Trinajstić information content (AvgIpc) is 2.99. The zero-order chi connectivity index (χ0) is 15.4. The van der Waals surface area contributed by atoms with E-state index in [-0.39, 0.29) is 24.0 Å². The van der Waals surface area contributed by atoms with E-state index in [9.17, 15) is 0 Å². The SMILES string of the molecule is Cn1cccc1CN=C(N)N1CCN(c2ncccn2)CC1.I. The highest BCUT2D eigenvalue weighted by Gasteiger charge is 2.19. The van der Waals surface area contributed by atoms with Gasteiger partial charge in [-0.05, 0) is 18.2 Å². The van der Waals surface area contributed by atoms with Crippen molar-refractivity contribution in [1.29, 1.82) is 0 Å². The zero-order valence-corrected chi connectivity index (χ0v) is 15.5. The van der Waals surface area contributed by atoms with Crippen molar-refractivity contribution in [2.45, 2.75) is 6.54 Å². The lowest BCUT2D eigenvalue weighted by Crippen LogP contribution is -2.51. The van der Waals surface area contributed by atoms with Crippen LogP contribution in [0.1, 0.15) is 5.69 Å². The molecule has 0 spiro atoms. The largest absolute Gasteiger partial charge is 0.370 e. The van der Waals surface area contributed by atoms with Gasteiger partial charge in [-0.1, -0.05) is 0 Å². The summed E-state index contributed by atoms with van der Waals surface area (Å²) in [5.41, 5.74) is 7.27. The van der Waals surface area contributed by atoms with Crippen LogP contribution in [0.15, 0.2) is 41.8 Å². The standard InChI is InChI=1S/C15H21N7.HI/c1-20-7-2-4-13(20)12-19-14(16)21-8-10-22(11-9-21)15-17-5-3-6-18-15;/h2-7H,8-12H2,1H3,(H2,16,19);1H. The van der Waals surface area contributed by atoms with Crippen molar-refractivity contribution in [1.82, 2.24) is 19.4 Å². The third kappa shape index (κ3) is 4.34. The maximum absolute atomic E-state index is 6.12. The van der Waals surface area contributed by atoms with Crippen molar-refractivity contribution in [3.63, 3.8) is 0 Å². The Kier molecular flexibility index (Phi) is 6.20. The Labute approximate surface area is 153 Å². The number of aliphatic imine (C=N–C) groups is 1. The van der Waals surface area contributed by atoms with E-state index in [1.54, 1.807) is 12.4 Å². The predicted octanol–water partition coefficient (Wildman–Crippen LogP) is 1.07. The van der Waals surface area contributed by atoms with Crippen LogP contribution in [0, 0.1) is 0 Å². The number of aromatic nitrogens is 3. The van der Waals surface area contributed by atoms with Crippen LogP contribution in [0.25, 0.3) is 0 Å². The van der Waals surface area contributed by atoms with E-state index in [4.69, 9.17) is 5.73 Å². The number of guanidine groups is 1. The van der Waals surface area contributed by atoms with Crippen molar-refractivity contribution in [2.75, 3.05) is 31.1 Å². The number of hydrogen-bond acceptors (Lipinski definition) is 4. The Hall–Kier alpha value is -1.84. The van der Waals surface area contributed by atoms with Crippen LogP contribution in [0.2, 0.25) is 0 Å². The topological polar surface area (TPSA) is 75.6 Å². The van der Waals surface area contributed by atoms with Gasteiger partial charge in [0.15, 0.2) is 5.96 Å². The monoisotopic (exact) mass is 427 g/mol.